The van der Waals surface area contributed by atoms with Gasteiger partial charge in [0.15, 0.2) is 0 Å². The predicted octanol–water partition coefficient (Wildman–Crippen LogP) is 0.742. The molecule has 0 aliphatic rings. The summed E-state index contributed by atoms with van der Waals surface area (Å²) in [7, 11) is 2.02. The summed E-state index contributed by atoms with van der Waals surface area (Å²) < 4.78 is -2.62. The van der Waals surface area contributed by atoms with Crippen molar-refractivity contribution in [2.24, 2.45) is 17.2 Å². The number of hydrogen-bond acceptors (Lipinski definition) is 9. The van der Waals surface area contributed by atoms with Gasteiger partial charge in [-0.05, 0) is 0 Å². The molecule has 0 aromatic rings. The number of carbonyl (C=O) groups is 3. The van der Waals surface area contributed by atoms with Crippen LogP contribution in [0.2, 0.25) is 0 Å². The van der Waals surface area contributed by atoms with Crippen molar-refractivity contribution in [2.75, 3.05) is 0 Å². The molecule has 0 saturated carbocycles. The summed E-state index contributed by atoms with van der Waals surface area (Å²) in [5.41, 5.74) is 17.5. The molecule has 0 spiro atoms. The molecule has 9 nitrogen and oxygen atoms in total. The van der Waals surface area contributed by atoms with Crippen LogP contribution in [-0.4, -0.2) is 76.1 Å². The second kappa shape index (κ2) is 10.3. The fraction of sp³-hybridized carbons (Fsp3) is 0.800. The molecule has 9 N–H and O–H groups in total. The van der Waals surface area contributed by atoms with Crippen LogP contribution in [0.5, 0.6) is 0 Å². The topological polar surface area (TPSA) is 190 Å². The molecule has 0 aromatic carbocycles. The van der Waals surface area contributed by atoms with Gasteiger partial charge in [-0.15, -0.1) is 0 Å². The van der Waals surface area contributed by atoms with Crippen molar-refractivity contribution >= 4 is 59.0 Å². The Hall–Kier alpha value is -0.141. The Morgan fingerprint density at radius 3 is 0.964 bits per heavy atom. The van der Waals surface area contributed by atoms with Gasteiger partial charge < -0.3 is 0 Å². The first-order chi connectivity index (χ1) is 12.3. The van der Waals surface area contributed by atoms with Crippen LogP contribution in [0, 0.1) is 0 Å². The van der Waals surface area contributed by atoms with E-state index >= 15 is 0 Å². The van der Waals surface area contributed by atoms with Crippen LogP contribution in [0.4, 0.5) is 0 Å². The Labute approximate surface area is 179 Å². The Morgan fingerprint density at radius 1 is 0.643 bits per heavy atom. The van der Waals surface area contributed by atoms with Crippen molar-refractivity contribution in [2.45, 2.75) is 73.9 Å². The maximum atomic E-state index is 11.4. The van der Waals surface area contributed by atoms with Gasteiger partial charge in [0.1, 0.15) is 0 Å². The van der Waals surface area contributed by atoms with Crippen LogP contribution in [0.1, 0.15) is 41.5 Å². The van der Waals surface area contributed by atoms with Crippen molar-refractivity contribution in [1.29, 1.82) is 0 Å². The first-order valence-corrected chi connectivity index (χ1v) is 16.6. The molecule has 28 heavy (non-hydrogen) atoms. The number of carboxylic acid groups (broad SMARTS) is 3. The van der Waals surface area contributed by atoms with Gasteiger partial charge in [-0.2, -0.15) is 0 Å². The molecular weight excluding hydrogens is 493 g/mol. The van der Waals surface area contributed by atoms with Gasteiger partial charge in [-0.1, -0.05) is 0 Å². The molecule has 0 aliphatic carbocycles. The van der Waals surface area contributed by atoms with Gasteiger partial charge in [-0.25, -0.2) is 0 Å². The van der Waals surface area contributed by atoms with E-state index in [0.717, 1.165) is 0 Å². The molecule has 0 aliphatic heterocycles. The second-order valence-electron chi connectivity index (χ2n) is 7.71. The van der Waals surface area contributed by atoms with E-state index in [1.54, 1.807) is 41.5 Å². The average Bonchev–Trinajstić information content (AvgIpc) is 2.50. The SMILES string of the molecule is CC(C)(S[Se](SC(C)(C)C(N)C(=O)O)SC(C)(C)C(N)C(=O)O)C(N)C(=O)O. The van der Waals surface area contributed by atoms with Crippen molar-refractivity contribution in [3.8, 4) is 0 Å². The van der Waals surface area contributed by atoms with Crippen LogP contribution in [0.15, 0.2) is 0 Å². The second-order valence-corrected chi connectivity index (χ2v) is 23.9. The first kappa shape index (κ1) is 27.9. The van der Waals surface area contributed by atoms with E-state index in [0.29, 0.717) is 0 Å². The molecule has 0 rings (SSSR count). The van der Waals surface area contributed by atoms with E-state index < -0.39 is 60.8 Å². The monoisotopic (exact) mass is 524 g/mol. The van der Waals surface area contributed by atoms with Gasteiger partial charge in [0.2, 0.25) is 0 Å². The van der Waals surface area contributed by atoms with Gasteiger partial charge in [0.25, 0.3) is 0 Å². The Kier molecular flexibility index (Phi) is 10.2. The number of aliphatic carboxylic acids is 3. The molecule has 0 heterocycles. The molecule has 0 saturated heterocycles. The third-order valence-electron chi connectivity index (χ3n) is 3.89. The molecule has 3 unspecified atom stereocenters. The number of nitrogens with two attached hydrogens (primary N) is 3. The van der Waals surface area contributed by atoms with E-state index in [-0.39, 0.29) is 0 Å². The normalized spacial score (nSPS) is 16.5. The zero-order valence-corrected chi connectivity index (χ0v) is 20.8. The Balaban J connectivity index is 5.81. The molecule has 1 radical (unpaired) electrons. The standard InChI is InChI=1S/C15H30N3O6S3Se/c1-13(2,7(16)10(19)20)25-28(26-14(3,4)8(17)11(21)22)27-15(5,6)9(18)12(23)24/h7-9H,16-18H2,1-6H3,(H,19,20)(H,21,22)(H,23,24). The third-order valence-corrected chi connectivity index (χ3v) is 23.4. The molecular formula is C15H30N3O6S3Se. The van der Waals surface area contributed by atoms with E-state index in [1.807, 2.05) is 0 Å². The molecule has 0 amide bonds. The zero-order valence-electron chi connectivity index (χ0n) is 16.7. The van der Waals surface area contributed by atoms with Crippen LogP contribution >= 0.6 is 30.5 Å². The van der Waals surface area contributed by atoms with Gasteiger partial charge in [-0.3, -0.25) is 0 Å². The summed E-state index contributed by atoms with van der Waals surface area (Å²) in [6.07, 6.45) is 0. The molecule has 165 valence electrons. The summed E-state index contributed by atoms with van der Waals surface area (Å²) >= 11 is 0. The minimum absolute atomic E-state index is 0.872. The zero-order chi connectivity index (χ0) is 22.7. The van der Waals surface area contributed by atoms with Gasteiger partial charge >= 0.3 is 180 Å². The summed E-state index contributed by atoms with van der Waals surface area (Å²) in [5.74, 6) is -3.46. The van der Waals surface area contributed by atoms with Crippen LogP contribution in [0.3, 0.4) is 0 Å². The van der Waals surface area contributed by atoms with Crippen LogP contribution in [0.25, 0.3) is 0 Å². The third kappa shape index (κ3) is 7.94. The molecule has 0 fully saturated rings. The summed E-state index contributed by atoms with van der Waals surface area (Å²) in [6.45, 7) is 10.2. The van der Waals surface area contributed by atoms with Crippen molar-refractivity contribution in [1.82, 2.24) is 0 Å². The number of carboxylic acids is 3. The Bertz CT molecular complexity index is 525. The molecule has 3 atom stereocenters. The van der Waals surface area contributed by atoms with Crippen LogP contribution in [-0.2, 0) is 14.4 Å². The van der Waals surface area contributed by atoms with Crippen LogP contribution < -0.4 is 17.2 Å². The van der Waals surface area contributed by atoms with E-state index in [2.05, 4.69) is 0 Å². The maximum absolute atomic E-state index is 11.4. The first-order valence-electron chi connectivity index (χ1n) is 8.13. The summed E-state index contributed by atoms with van der Waals surface area (Å²) in [6, 6.07) is -3.47. The van der Waals surface area contributed by atoms with E-state index in [4.69, 9.17) is 17.2 Å². The quantitative estimate of drug-likeness (QED) is 0.197. The molecule has 13 heteroatoms. The number of hydrogen-bond donors (Lipinski definition) is 6. The van der Waals surface area contributed by atoms with E-state index in [1.165, 1.54) is 30.5 Å². The molecule has 0 aromatic heterocycles. The fourth-order valence-corrected chi connectivity index (χ4v) is 30.6. The van der Waals surface area contributed by atoms with E-state index in [9.17, 15) is 29.7 Å². The summed E-state index contributed by atoms with van der Waals surface area (Å²) in [5, 5.41) is 27.9. The summed E-state index contributed by atoms with van der Waals surface area (Å²) in [4.78, 5) is 34.1. The van der Waals surface area contributed by atoms with Gasteiger partial charge in [0.05, 0.1) is 0 Å². The average molecular weight is 524 g/mol. The predicted molar refractivity (Wildman–Crippen MR) is 118 cm³/mol. The van der Waals surface area contributed by atoms with Gasteiger partial charge in [0, 0.05) is 0 Å². The minimum atomic E-state index is -2.01. The Morgan fingerprint density at radius 2 is 0.821 bits per heavy atom. The van der Waals surface area contributed by atoms with Crippen molar-refractivity contribution in [3.05, 3.63) is 0 Å². The van der Waals surface area contributed by atoms with Crippen molar-refractivity contribution in [3.63, 3.8) is 0 Å². The number of rotatable bonds is 12. The fourth-order valence-electron chi connectivity index (χ4n) is 1.62. The van der Waals surface area contributed by atoms with Crippen molar-refractivity contribution < 1.29 is 29.7 Å². The molecule has 0 bridgehead atoms.